The summed E-state index contributed by atoms with van der Waals surface area (Å²) in [5, 5.41) is 8.88. The SMILES string of the molecule is CCCS(=O)(=O)NCCN(C(C)=O)c1cccc(C#N)c1. The molecule has 0 saturated heterocycles. The first-order valence-electron chi connectivity index (χ1n) is 6.65. The lowest BCUT2D eigenvalue weighted by molar-refractivity contribution is -0.116. The van der Waals surface area contributed by atoms with E-state index in [4.69, 9.17) is 5.26 Å². The van der Waals surface area contributed by atoms with Gasteiger partial charge in [-0.2, -0.15) is 5.26 Å². The molecule has 0 aromatic heterocycles. The Morgan fingerprint density at radius 3 is 2.71 bits per heavy atom. The number of carbonyl (C=O) groups is 1. The van der Waals surface area contributed by atoms with E-state index in [9.17, 15) is 13.2 Å². The lowest BCUT2D eigenvalue weighted by atomic mass is 10.2. The zero-order valence-corrected chi connectivity index (χ0v) is 13.0. The summed E-state index contributed by atoms with van der Waals surface area (Å²) < 4.78 is 25.6. The van der Waals surface area contributed by atoms with Crippen LogP contribution >= 0.6 is 0 Å². The Hall–Kier alpha value is -1.91. The predicted octanol–water partition coefficient (Wildman–Crippen LogP) is 1.24. The van der Waals surface area contributed by atoms with Gasteiger partial charge in [-0.1, -0.05) is 13.0 Å². The van der Waals surface area contributed by atoms with Gasteiger partial charge in [-0.25, -0.2) is 13.1 Å². The molecule has 1 amide bonds. The van der Waals surface area contributed by atoms with Crippen molar-refractivity contribution in [2.75, 3.05) is 23.7 Å². The van der Waals surface area contributed by atoms with Gasteiger partial charge in [0, 0.05) is 25.7 Å². The minimum Gasteiger partial charge on any atom is -0.311 e. The summed E-state index contributed by atoms with van der Waals surface area (Å²) in [6.45, 7) is 3.54. The van der Waals surface area contributed by atoms with Gasteiger partial charge in [0.15, 0.2) is 0 Å². The molecule has 1 aromatic rings. The first-order valence-corrected chi connectivity index (χ1v) is 8.30. The van der Waals surface area contributed by atoms with Crippen LogP contribution in [0.25, 0.3) is 0 Å². The van der Waals surface area contributed by atoms with Crippen LogP contribution in [0.5, 0.6) is 0 Å². The van der Waals surface area contributed by atoms with Gasteiger partial charge in [0.05, 0.1) is 17.4 Å². The van der Waals surface area contributed by atoms with Crippen molar-refractivity contribution >= 4 is 21.6 Å². The van der Waals surface area contributed by atoms with Gasteiger partial charge in [0.25, 0.3) is 0 Å². The zero-order chi connectivity index (χ0) is 15.9. The number of nitrogens with one attached hydrogen (secondary N) is 1. The van der Waals surface area contributed by atoms with E-state index in [-0.39, 0.29) is 24.7 Å². The Labute approximate surface area is 125 Å². The highest BCUT2D eigenvalue weighted by Crippen LogP contribution is 2.15. The summed E-state index contributed by atoms with van der Waals surface area (Å²) >= 11 is 0. The van der Waals surface area contributed by atoms with Crippen molar-refractivity contribution in [1.29, 1.82) is 5.26 Å². The average Bonchev–Trinajstić information content (AvgIpc) is 2.43. The third-order valence-electron chi connectivity index (χ3n) is 2.80. The largest absolute Gasteiger partial charge is 0.311 e. The van der Waals surface area contributed by atoms with Crippen molar-refractivity contribution in [1.82, 2.24) is 4.72 Å². The lowest BCUT2D eigenvalue weighted by Crippen LogP contribution is -2.38. The molecule has 1 rings (SSSR count). The fraction of sp³-hybridized carbons (Fsp3) is 0.429. The maximum absolute atomic E-state index is 11.7. The first kappa shape index (κ1) is 17.1. The number of carbonyl (C=O) groups excluding carboxylic acids is 1. The van der Waals surface area contributed by atoms with Gasteiger partial charge >= 0.3 is 0 Å². The molecule has 0 heterocycles. The number of hydrogen-bond acceptors (Lipinski definition) is 4. The standard InChI is InChI=1S/C14H19N3O3S/c1-3-9-21(19,20)16-7-8-17(12(2)18)14-6-4-5-13(10-14)11-15/h4-6,10,16H,3,7-9H2,1-2H3. The van der Waals surface area contributed by atoms with Crippen LogP contribution < -0.4 is 9.62 Å². The summed E-state index contributed by atoms with van der Waals surface area (Å²) in [5.74, 6) is -0.142. The lowest BCUT2D eigenvalue weighted by Gasteiger charge is -2.21. The van der Waals surface area contributed by atoms with Gasteiger partial charge in [0.2, 0.25) is 15.9 Å². The normalized spacial score (nSPS) is 10.9. The second-order valence-corrected chi connectivity index (χ2v) is 6.47. The number of nitrogens with zero attached hydrogens (tertiary/aromatic N) is 2. The Morgan fingerprint density at radius 1 is 1.43 bits per heavy atom. The molecule has 0 aliphatic carbocycles. The van der Waals surface area contributed by atoms with E-state index in [1.165, 1.54) is 11.8 Å². The summed E-state index contributed by atoms with van der Waals surface area (Å²) in [7, 11) is -3.29. The molecule has 6 nitrogen and oxygen atoms in total. The molecule has 0 spiro atoms. The third-order valence-corrected chi connectivity index (χ3v) is 4.39. The summed E-state index contributed by atoms with van der Waals surface area (Å²) in [6, 6.07) is 8.65. The van der Waals surface area contributed by atoms with Crippen LogP contribution in [0.15, 0.2) is 24.3 Å². The number of benzene rings is 1. The molecule has 21 heavy (non-hydrogen) atoms. The Kier molecular flexibility index (Phi) is 6.34. The summed E-state index contributed by atoms with van der Waals surface area (Å²) in [6.07, 6.45) is 0.538. The molecule has 0 saturated carbocycles. The van der Waals surface area contributed by atoms with Crippen molar-refractivity contribution in [2.45, 2.75) is 20.3 Å². The van der Waals surface area contributed by atoms with Crippen LogP contribution in [-0.4, -0.2) is 33.2 Å². The monoisotopic (exact) mass is 309 g/mol. The van der Waals surface area contributed by atoms with Gasteiger partial charge < -0.3 is 4.90 Å². The van der Waals surface area contributed by atoms with Crippen LogP contribution in [-0.2, 0) is 14.8 Å². The van der Waals surface area contributed by atoms with Crippen LogP contribution in [0.1, 0.15) is 25.8 Å². The van der Waals surface area contributed by atoms with E-state index < -0.39 is 10.0 Å². The van der Waals surface area contributed by atoms with Crippen LogP contribution in [0.4, 0.5) is 5.69 Å². The second kappa shape index (κ2) is 7.76. The molecule has 1 N–H and O–H groups in total. The predicted molar refractivity (Wildman–Crippen MR) is 81.3 cm³/mol. The maximum atomic E-state index is 11.7. The third kappa shape index (κ3) is 5.53. The van der Waals surface area contributed by atoms with Gasteiger partial charge in [0.1, 0.15) is 0 Å². The van der Waals surface area contributed by atoms with E-state index in [0.29, 0.717) is 17.7 Å². The average molecular weight is 309 g/mol. The van der Waals surface area contributed by atoms with E-state index >= 15 is 0 Å². The molecule has 0 aliphatic rings. The highest BCUT2D eigenvalue weighted by atomic mass is 32.2. The molecule has 0 fully saturated rings. The van der Waals surface area contributed by atoms with Crippen molar-refractivity contribution in [3.8, 4) is 6.07 Å². The zero-order valence-electron chi connectivity index (χ0n) is 12.2. The maximum Gasteiger partial charge on any atom is 0.223 e. The molecule has 114 valence electrons. The molecule has 7 heteroatoms. The molecule has 0 unspecified atom stereocenters. The minimum atomic E-state index is -3.29. The molecular weight excluding hydrogens is 290 g/mol. The van der Waals surface area contributed by atoms with E-state index in [0.717, 1.165) is 0 Å². The van der Waals surface area contributed by atoms with Crippen molar-refractivity contribution < 1.29 is 13.2 Å². The summed E-state index contributed by atoms with van der Waals surface area (Å²) in [5.41, 5.74) is 1.03. The highest BCUT2D eigenvalue weighted by molar-refractivity contribution is 7.89. The van der Waals surface area contributed by atoms with E-state index in [1.807, 2.05) is 6.07 Å². The van der Waals surface area contributed by atoms with Crippen LogP contribution in [0.3, 0.4) is 0 Å². The van der Waals surface area contributed by atoms with E-state index in [1.54, 1.807) is 31.2 Å². The van der Waals surface area contributed by atoms with Crippen LogP contribution in [0, 0.1) is 11.3 Å². The smallest absolute Gasteiger partial charge is 0.223 e. The summed E-state index contributed by atoms with van der Waals surface area (Å²) in [4.78, 5) is 13.1. The number of amides is 1. The Bertz CT molecular complexity index is 635. The molecular formula is C14H19N3O3S. The number of nitriles is 1. The fourth-order valence-corrected chi connectivity index (χ4v) is 2.95. The highest BCUT2D eigenvalue weighted by Gasteiger charge is 2.14. The first-order chi connectivity index (χ1) is 9.89. The van der Waals surface area contributed by atoms with Crippen LogP contribution in [0.2, 0.25) is 0 Å². The van der Waals surface area contributed by atoms with Gasteiger partial charge in [-0.05, 0) is 24.6 Å². The molecule has 1 aromatic carbocycles. The second-order valence-electron chi connectivity index (χ2n) is 4.55. The topological polar surface area (TPSA) is 90.3 Å². The van der Waals surface area contributed by atoms with Crippen molar-refractivity contribution in [2.24, 2.45) is 0 Å². The van der Waals surface area contributed by atoms with E-state index in [2.05, 4.69) is 4.72 Å². The Balaban J connectivity index is 2.76. The molecule has 0 aliphatic heterocycles. The minimum absolute atomic E-state index is 0.0665. The molecule has 0 radical (unpaired) electrons. The number of sulfonamides is 1. The quantitative estimate of drug-likeness (QED) is 0.820. The fourth-order valence-electron chi connectivity index (χ4n) is 1.87. The van der Waals surface area contributed by atoms with Gasteiger partial charge in [-0.3, -0.25) is 4.79 Å². The number of anilines is 1. The van der Waals surface area contributed by atoms with Gasteiger partial charge in [-0.15, -0.1) is 0 Å². The molecule has 0 bridgehead atoms. The Morgan fingerprint density at radius 2 is 2.14 bits per heavy atom. The van der Waals surface area contributed by atoms with Crippen molar-refractivity contribution in [3.05, 3.63) is 29.8 Å². The number of hydrogen-bond donors (Lipinski definition) is 1. The van der Waals surface area contributed by atoms with Crippen molar-refractivity contribution in [3.63, 3.8) is 0 Å². The molecule has 0 atom stereocenters. The number of rotatable bonds is 7.